The summed E-state index contributed by atoms with van der Waals surface area (Å²) in [5.74, 6) is 1.09. The van der Waals surface area contributed by atoms with Crippen molar-refractivity contribution in [3.63, 3.8) is 0 Å². The molecule has 138 valence electrons. The van der Waals surface area contributed by atoms with Gasteiger partial charge in [0.25, 0.3) is 0 Å². The van der Waals surface area contributed by atoms with E-state index in [1.54, 1.807) is 18.5 Å². The minimum atomic E-state index is -0.238. The van der Waals surface area contributed by atoms with Crippen LogP contribution in [-0.4, -0.2) is 21.0 Å². The first-order chi connectivity index (χ1) is 13.3. The molecule has 0 unspecified atom stereocenters. The van der Waals surface area contributed by atoms with Crippen LogP contribution in [0.25, 0.3) is 11.3 Å². The van der Waals surface area contributed by atoms with E-state index in [1.807, 2.05) is 24.3 Å². The molecule has 27 heavy (non-hydrogen) atoms. The molecule has 0 saturated heterocycles. The van der Waals surface area contributed by atoms with Gasteiger partial charge in [-0.2, -0.15) is 4.98 Å². The first-order valence-electron chi connectivity index (χ1n) is 9.30. The molecule has 2 N–H and O–H groups in total. The number of benzene rings is 1. The van der Waals surface area contributed by atoms with E-state index in [4.69, 9.17) is 0 Å². The monoisotopic (exact) mass is 363 g/mol. The summed E-state index contributed by atoms with van der Waals surface area (Å²) >= 11 is 0. The molecule has 1 aromatic carbocycles. The first kappa shape index (κ1) is 17.4. The highest BCUT2D eigenvalue weighted by Crippen LogP contribution is 2.25. The molecule has 0 atom stereocenters. The Kier molecular flexibility index (Phi) is 5.23. The fourth-order valence-electron chi connectivity index (χ4n) is 3.37. The summed E-state index contributed by atoms with van der Waals surface area (Å²) in [5.41, 5.74) is 2.68. The van der Waals surface area contributed by atoms with Crippen LogP contribution in [0.1, 0.15) is 31.2 Å². The Morgan fingerprint density at radius 1 is 1.00 bits per heavy atom. The van der Waals surface area contributed by atoms with Crippen LogP contribution in [-0.2, 0) is 6.54 Å². The number of pyridine rings is 1. The van der Waals surface area contributed by atoms with Gasteiger partial charge in [-0.3, -0.25) is 4.98 Å². The zero-order valence-electron chi connectivity index (χ0n) is 15.0. The van der Waals surface area contributed by atoms with E-state index in [-0.39, 0.29) is 5.82 Å². The van der Waals surface area contributed by atoms with Crippen molar-refractivity contribution in [1.82, 2.24) is 15.0 Å². The molecule has 1 fully saturated rings. The number of hydrogen-bond acceptors (Lipinski definition) is 5. The van der Waals surface area contributed by atoms with Gasteiger partial charge in [-0.25, -0.2) is 9.37 Å². The third kappa shape index (κ3) is 4.58. The molecule has 0 bridgehead atoms. The molecule has 1 saturated carbocycles. The maximum absolute atomic E-state index is 13.4. The zero-order chi connectivity index (χ0) is 18.5. The quantitative estimate of drug-likeness (QED) is 0.668. The van der Waals surface area contributed by atoms with Crippen molar-refractivity contribution < 1.29 is 4.39 Å². The van der Waals surface area contributed by atoms with Crippen LogP contribution in [0.4, 0.5) is 16.2 Å². The summed E-state index contributed by atoms with van der Waals surface area (Å²) in [6.45, 7) is 0.493. The van der Waals surface area contributed by atoms with Gasteiger partial charge in [0.2, 0.25) is 5.95 Å². The summed E-state index contributed by atoms with van der Waals surface area (Å²) in [5, 5.41) is 6.75. The summed E-state index contributed by atoms with van der Waals surface area (Å²) in [6, 6.07) is 12.8. The largest absolute Gasteiger partial charge is 0.366 e. The van der Waals surface area contributed by atoms with E-state index < -0.39 is 0 Å². The van der Waals surface area contributed by atoms with Crippen molar-refractivity contribution in [2.45, 2.75) is 38.3 Å². The second-order valence-corrected chi connectivity index (χ2v) is 6.81. The lowest BCUT2D eigenvalue weighted by Crippen LogP contribution is -2.17. The first-order valence-corrected chi connectivity index (χ1v) is 9.30. The molecule has 5 nitrogen and oxygen atoms in total. The minimum absolute atomic E-state index is 0.238. The maximum Gasteiger partial charge on any atom is 0.225 e. The van der Waals surface area contributed by atoms with Crippen molar-refractivity contribution >= 4 is 11.8 Å². The number of hydrogen-bond donors (Lipinski definition) is 2. The van der Waals surface area contributed by atoms with E-state index in [1.165, 1.54) is 25.0 Å². The highest BCUT2D eigenvalue weighted by atomic mass is 19.1. The molecule has 2 heterocycles. The Balaban J connectivity index is 1.58. The number of aromatic nitrogens is 3. The van der Waals surface area contributed by atoms with Gasteiger partial charge in [0.15, 0.2) is 0 Å². The smallest absolute Gasteiger partial charge is 0.225 e. The predicted octanol–water partition coefficient (Wildman–Crippen LogP) is 4.64. The summed E-state index contributed by atoms with van der Waals surface area (Å²) in [6.07, 6.45) is 8.28. The van der Waals surface area contributed by atoms with E-state index in [0.29, 0.717) is 24.4 Å². The van der Waals surface area contributed by atoms with Crippen LogP contribution in [0.5, 0.6) is 0 Å². The van der Waals surface area contributed by atoms with Gasteiger partial charge in [-0.15, -0.1) is 0 Å². The van der Waals surface area contributed by atoms with Gasteiger partial charge in [0.1, 0.15) is 11.6 Å². The van der Waals surface area contributed by atoms with Crippen molar-refractivity contribution in [3.8, 4) is 11.3 Å². The molecular formula is C21H22FN5. The van der Waals surface area contributed by atoms with Crippen LogP contribution >= 0.6 is 0 Å². The van der Waals surface area contributed by atoms with E-state index in [0.717, 1.165) is 29.7 Å². The Bertz CT molecular complexity index is 894. The van der Waals surface area contributed by atoms with Crippen molar-refractivity contribution in [3.05, 3.63) is 66.2 Å². The van der Waals surface area contributed by atoms with E-state index in [2.05, 4.69) is 25.6 Å². The van der Waals surface area contributed by atoms with Gasteiger partial charge in [-0.05, 0) is 42.7 Å². The lowest BCUT2D eigenvalue weighted by molar-refractivity contribution is 0.626. The zero-order valence-corrected chi connectivity index (χ0v) is 15.0. The predicted molar refractivity (Wildman–Crippen MR) is 105 cm³/mol. The van der Waals surface area contributed by atoms with Crippen LogP contribution in [0, 0.1) is 5.82 Å². The van der Waals surface area contributed by atoms with Gasteiger partial charge in [-0.1, -0.05) is 25.0 Å². The third-order valence-electron chi connectivity index (χ3n) is 4.75. The standard InChI is InChI=1S/C21H22FN5/c22-17-5-3-4-15(12-17)14-24-20-13-19(16-8-10-23-11-9-16)26-21(27-20)25-18-6-1-2-7-18/h3-5,8-13,18H,1-2,6-7,14H2,(H2,24,25,26,27). The van der Waals surface area contributed by atoms with Crippen LogP contribution < -0.4 is 10.6 Å². The lowest BCUT2D eigenvalue weighted by atomic mass is 10.2. The van der Waals surface area contributed by atoms with Gasteiger partial charge < -0.3 is 10.6 Å². The topological polar surface area (TPSA) is 62.7 Å². The highest BCUT2D eigenvalue weighted by molar-refractivity contribution is 5.64. The maximum atomic E-state index is 13.4. The fraction of sp³-hybridized carbons (Fsp3) is 0.286. The Hall–Kier alpha value is -3.02. The summed E-state index contributed by atoms with van der Waals surface area (Å²) in [7, 11) is 0. The van der Waals surface area contributed by atoms with Crippen LogP contribution in [0.2, 0.25) is 0 Å². The highest BCUT2D eigenvalue weighted by Gasteiger charge is 2.16. The number of halogens is 1. The normalized spacial score (nSPS) is 14.3. The van der Waals surface area contributed by atoms with Crippen molar-refractivity contribution in [1.29, 1.82) is 0 Å². The molecule has 1 aliphatic carbocycles. The number of nitrogens with zero attached hydrogens (tertiary/aromatic N) is 3. The van der Waals surface area contributed by atoms with Crippen LogP contribution in [0.15, 0.2) is 54.9 Å². The second-order valence-electron chi connectivity index (χ2n) is 6.81. The Morgan fingerprint density at radius 2 is 1.81 bits per heavy atom. The molecule has 2 aromatic heterocycles. The molecule has 1 aliphatic rings. The van der Waals surface area contributed by atoms with Crippen molar-refractivity contribution in [2.75, 3.05) is 10.6 Å². The summed E-state index contributed by atoms with van der Waals surface area (Å²) in [4.78, 5) is 13.4. The van der Waals surface area contributed by atoms with Crippen LogP contribution in [0.3, 0.4) is 0 Å². The van der Waals surface area contributed by atoms with Gasteiger partial charge >= 0.3 is 0 Å². The molecule has 6 heteroatoms. The molecule has 0 aliphatic heterocycles. The SMILES string of the molecule is Fc1cccc(CNc2cc(-c3ccncc3)nc(NC3CCCC3)n2)c1. The Morgan fingerprint density at radius 3 is 2.59 bits per heavy atom. The summed E-state index contributed by atoms with van der Waals surface area (Å²) < 4.78 is 13.4. The molecule has 0 spiro atoms. The fourth-order valence-corrected chi connectivity index (χ4v) is 3.37. The van der Waals surface area contributed by atoms with Gasteiger partial charge in [0.05, 0.1) is 5.69 Å². The minimum Gasteiger partial charge on any atom is -0.366 e. The van der Waals surface area contributed by atoms with E-state index in [9.17, 15) is 4.39 Å². The molecule has 3 aromatic rings. The van der Waals surface area contributed by atoms with E-state index >= 15 is 0 Å². The molecular weight excluding hydrogens is 341 g/mol. The molecule has 0 amide bonds. The average Bonchev–Trinajstić information content (AvgIpc) is 3.20. The van der Waals surface area contributed by atoms with Gasteiger partial charge in [0, 0.05) is 36.6 Å². The molecule has 0 radical (unpaired) electrons. The average molecular weight is 363 g/mol. The Labute approximate surface area is 158 Å². The third-order valence-corrected chi connectivity index (χ3v) is 4.75. The van der Waals surface area contributed by atoms with Crippen molar-refractivity contribution in [2.24, 2.45) is 0 Å². The lowest BCUT2D eigenvalue weighted by Gasteiger charge is -2.15. The number of nitrogens with one attached hydrogen (secondary N) is 2. The second kappa shape index (κ2) is 8.12. The molecule has 4 rings (SSSR count). The number of anilines is 2. The number of rotatable bonds is 6.